The first-order valence-electron chi connectivity index (χ1n) is 4.89. The van der Waals surface area contributed by atoms with Crippen molar-refractivity contribution in [1.82, 2.24) is 0 Å². The van der Waals surface area contributed by atoms with Crippen LogP contribution < -0.4 is 0 Å². The Kier molecular flexibility index (Phi) is 5.29. The molecule has 0 aliphatic rings. The van der Waals surface area contributed by atoms with Crippen LogP contribution in [0.3, 0.4) is 0 Å². The summed E-state index contributed by atoms with van der Waals surface area (Å²) >= 11 is 13.7. The number of rotatable bonds is 6. The molecule has 0 radical (unpaired) electrons. The Morgan fingerprint density at radius 2 is 2.07 bits per heavy atom. The van der Waals surface area contributed by atoms with Gasteiger partial charge in [0.25, 0.3) is 0 Å². The Bertz CT molecular complexity index is 232. The van der Waals surface area contributed by atoms with Gasteiger partial charge in [-0.05, 0) is 47.1 Å². The predicted molar refractivity (Wildman–Crippen MR) is 66.8 cm³/mol. The molecule has 0 bridgehead atoms. The quantitative estimate of drug-likeness (QED) is 0.650. The van der Waals surface area contributed by atoms with E-state index in [9.17, 15) is 0 Å². The normalized spacial score (nSPS) is 11.9. The van der Waals surface area contributed by atoms with Gasteiger partial charge in [-0.1, -0.05) is 6.92 Å². The van der Waals surface area contributed by atoms with Crippen LogP contribution in [0, 0.1) is 5.41 Å². The van der Waals surface area contributed by atoms with E-state index in [1.54, 1.807) is 11.3 Å². The molecule has 3 heteroatoms. The van der Waals surface area contributed by atoms with Gasteiger partial charge in [-0.25, -0.2) is 0 Å². The number of hydrogen-bond donors (Lipinski definition) is 0. The summed E-state index contributed by atoms with van der Waals surface area (Å²) in [5.74, 6) is 1.33. The lowest BCUT2D eigenvalue weighted by atomic mass is 9.84. The largest absolute Gasteiger partial charge is 0.152 e. The third-order valence-electron chi connectivity index (χ3n) is 2.84. The second-order valence-corrected chi connectivity index (χ2v) is 5.07. The smallest absolute Gasteiger partial charge is 0.0291 e. The molecule has 0 aromatic carbocycles. The number of thiophene rings is 1. The first-order chi connectivity index (χ1) is 6.76. The van der Waals surface area contributed by atoms with E-state index < -0.39 is 0 Å². The van der Waals surface area contributed by atoms with E-state index in [4.69, 9.17) is 23.2 Å². The lowest BCUT2D eigenvalue weighted by molar-refractivity contribution is 0.335. The minimum absolute atomic E-state index is 0.130. The fourth-order valence-electron chi connectivity index (χ4n) is 1.38. The first kappa shape index (κ1) is 12.4. The van der Waals surface area contributed by atoms with E-state index in [1.165, 1.54) is 5.56 Å². The van der Waals surface area contributed by atoms with E-state index in [0.717, 1.165) is 19.3 Å². The van der Waals surface area contributed by atoms with Gasteiger partial charge < -0.3 is 0 Å². The predicted octanol–water partition coefficient (Wildman–Crippen LogP) is 4.55. The second-order valence-electron chi connectivity index (χ2n) is 3.75. The Labute approximate surface area is 100 Å². The van der Waals surface area contributed by atoms with Gasteiger partial charge >= 0.3 is 0 Å². The van der Waals surface area contributed by atoms with Gasteiger partial charge in [0.1, 0.15) is 0 Å². The van der Waals surface area contributed by atoms with Crippen LogP contribution in [0.2, 0.25) is 0 Å². The van der Waals surface area contributed by atoms with E-state index in [1.807, 2.05) is 0 Å². The van der Waals surface area contributed by atoms with Crippen LogP contribution in [0.1, 0.15) is 25.3 Å². The highest BCUT2D eigenvalue weighted by atomic mass is 35.5. The molecule has 1 heterocycles. The third kappa shape index (κ3) is 3.15. The Morgan fingerprint density at radius 1 is 1.36 bits per heavy atom. The van der Waals surface area contributed by atoms with E-state index in [-0.39, 0.29) is 5.41 Å². The zero-order valence-corrected chi connectivity index (χ0v) is 10.8. The average Bonchev–Trinajstić information content (AvgIpc) is 2.74. The maximum Gasteiger partial charge on any atom is 0.0291 e. The fraction of sp³-hybridized carbons (Fsp3) is 0.636. The molecule has 0 amide bonds. The molecule has 80 valence electrons. The molecule has 0 spiro atoms. The lowest BCUT2D eigenvalue weighted by Crippen LogP contribution is -2.24. The molecule has 0 saturated carbocycles. The topological polar surface area (TPSA) is 0 Å². The van der Waals surface area contributed by atoms with Crippen molar-refractivity contribution in [3.05, 3.63) is 22.4 Å². The van der Waals surface area contributed by atoms with Crippen LogP contribution in [0.4, 0.5) is 0 Å². The minimum atomic E-state index is 0.130. The fourth-order valence-corrected chi connectivity index (χ4v) is 3.01. The van der Waals surface area contributed by atoms with Gasteiger partial charge in [0.15, 0.2) is 0 Å². The minimum Gasteiger partial charge on any atom is -0.152 e. The number of aryl methyl sites for hydroxylation is 1. The highest BCUT2D eigenvalue weighted by Crippen LogP contribution is 2.31. The Morgan fingerprint density at radius 3 is 2.50 bits per heavy atom. The zero-order valence-electron chi connectivity index (χ0n) is 8.43. The van der Waals surface area contributed by atoms with Crippen molar-refractivity contribution in [3.8, 4) is 0 Å². The lowest BCUT2D eigenvalue weighted by Gasteiger charge is -2.27. The molecule has 0 fully saturated rings. The summed E-state index contributed by atoms with van der Waals surface area (Å²) in [6, 6.07) is 2.17. The van der Waals surface area contributed by atoms with Crippen molar-refractivity contribution in [2.24, 2.45) is 5.41 Å². The van der Waals surface area contributed by atoms with Crippen molar-refractivity contribution in [2.75, 3.05) is 11.8 Å². The number of halogens is 2. The Hall–Kier alpha value is 0.280. The van der Waals surface area contributed by atoms with Gasteiger partial charge in [-0.2, -0.15) is 11.3 Å². The Balaban J connectivity index is 2.48. The third-order valence-corrected chi connectivity index (χ3v) is 4.71. The zero-order chi connectivity index (χ0) is 10.4. The molecule has 0 aliphatic carbocycles. The van der Waals surface area contributed by atoms with Crippen molar-refractivity contribution in [1.29, 1.82) is 0 Å². The SMILES string of the molecule is CCC(CCl)(CCl)CCc1ccsc1. The van der Waals surface area contributed by atoms with E-state index in [2.05, 4.69) is 23.8 Å². The van der Waals surface area contributed by atoms with Crippen molar-refractivity contribution in [3.63, 3.8) is 0 Å². The maximum absolute atomic E-state index is 5.98. The summed E-state index contributed by atoms with van der Waals surface area (Å²) in [6.07, 6.45) is 3.24. The van der Waals surface area contributed by atoms with Crippen molar-refractivity contribution in [2.45, 2.75) is 26.2 Å². The number of alkyl halides is 2. The molecule has 1 rings (SSSR count). The van der Waals surface area contributed by atoms with Crippen LogP contribution in [-0.4, -0.2) is 11.8 Å². The van der Waals surface area contributed by atoms with Gasteiger partial charge in [0.2, 0.25) is 0 Å². The molecule has 0 nitrogen and oxygen atoms in total. The standard InChI is InChI=1S/C11H16Cl2S/c1-2-11(8-12,9-13)5-3-10-4-6-14-7-10/h4,6-7H,2-3,5,8-9H2,1H3. The van der Waals surface area contributed by atoms with Crippen LogP contribution >= 0.6 is 34.5 Å². The molecule has 0 unspecified atom stereocenters. The summed E-state index contributed by atoms with van der Waals surface area (Å²) < 4.78 is 0. The van der Waals surface area contributed by atoms with Crippen LogP contribution in [0.5, 0.6) is 0 Å². The summed E-state index contributed by atoms with van der Waals surface area (Å²) in [6.45, 7) is 2.17. The van der Waals surface area contributed by atoms with Crippen molar-refractivity contribution < 1.29 is 0 Å². The molecular formula is C11H16Cl2S. The second kappa shape index (κ2) is 5.99. The molecule has 1 aromatic heterocycles. The molecule has 14 heavy (non-hydrogen) atoms. The summed E-state index contributed by atoms with van der Waals surface area (Å²) in [5, 5.41) is 4.31. The van der Waals surface area contributed by atoms with Gasteiger partial charge in [-0.3, -0.25) is 0 Å². The molecule has 0 N–H and O–H groups in total. The van der Waals surface area contributed by atoms with E-state index >= 15 is 0 Å². The molecule has 0 atom stereocenters. The molecular weight excluding hydrogens is 235 g/mol. The molecule has 0 saturated heterocycles. The van der Waals surface area contributed by atoms with Crippen LogP contribution in [0.25, 0.3) is 0 Å². The highest BCUT2D eigenvalue weighted by molar-refractivity contribution is 7.07. The highest BCUT2D eigenvalue weighted by Gasteiger charge is 2.25. The van der Waals surface area contributed by atoms with Crippen molar-refractivity contribution >= 4 is 34.5 Å². The van der Waals surface area contributed by atoms with Gasteiger partial charge in [-0.15, -0.1) is 23.2 Å². The molecule has 1 aromatic rings. The molecule has 0 aliphatic heterocycles. The monoisotopic (exact) mass is 250 g/mol. The first-order valence-corrected chi connectivity index (χ1v) is 6.90. The van der Waals surface area contributed by atoms with Gasteiger partial charge in [0, 0.05) is 11.8 Å². The maximum atomic E-state index is 5.98. The summed E-state index contributed by atoms with van der Waals surface area (Å²) in [5.41, 5.74) is 1.54. The summed E-state index contributed by atoms with van der Waals surface area (Å²) in [4.78, 5) is 0. The number of hydrogen-bond acceptors (Lipinski definition) is 1. The average molecular weight is 251 g/mol. The van der Waals surface area contributed by atoms with Gasteiger partial charge in [0.05, 0.1) is 0 Å². The summed E-state index contributed by atoms with van der Waals surface area (Å²) in [7, 11) is 0. The van der Waals surface area contributed by atoms with Crippen LogP contribution in [-0.2, 0) is 6.42 Å². The van der Waals surface area contributed by atoms with Crippen LogP contribution in [0.15, 0.2) is 16.8 Å². The van der Waals surface area contributed by atoms with E-state index in [0.29, 0.717) is 11.8 Å².